The van der Waals surface area contributed by atoms with Crippen molar-refractivity contribution < 1.29 is 79.8 Å². The van der Waals surface area contributed by atoms with E-state index in [9.17, 15) is 18.0 Å². The molecule has 0 saturated carbocycles. The Kier molecular flexibility index (Phi) is 22.4. The number of rotatable bonds is 6. The number of aromatic nitrogens is 4. The fourth-order valence-electron chi connectivity index (χ4n) is 7.50. The van der Waals surface area contributed by atoms with E-state index in [2.05, 4.69) is 0 Å². The molecule has 1 aliphatic rings. The van der Waals surface area contributed by atoms with Gasteiger partial charge in [0, 0.05) is 143 Å². The van der Waals surface area contributed by atoms with E-state index in [0.29, 0.717) is 37.7 Å². The number of hydrogen-bond donors (Lipinski definition) is 1. The van der Waals surface area contributed by atoms with E-state index in [-0.39, 0.29) is 44.7 Å². The molecule has 0 fully saturated rings. The number of methoxy groups -OCH3 is 1. The van der Waals surface area contributed by atoms with Gasteiger partial charge >= 0.3 is 5.51 Å². The summed E-state index contributed by atoms with van der Waals surface area (Å²) in [6.07, 6.45) is 0.696. The Morgan fingerprint density at radius 3 is 0.908 bits per heavy atom. The molecule has 9 aromatic rings. The van der Waals surface area contributed by atoms with Crippen LogP contribution in [0.25, 0.3) is 0 Å². The van der Waals surface area contributed by atoms with Crippen LogP contribution in [0.15, 0.2) is 164 Å². The molecule has 14 nitrogen and oxygen atoms in total. The first kappa shape index (κ1) is 63.5. The molecule has 11 N–H and O–H groups in total. The van der Waals surface area contributed by atoms with Gasteiger partial charge in [-0.05, 0) is 112 Å². The van der Waals surface area contributed by atoms with Gasteiger partial charge < -0.3 is 56.2 Å². The van der Waals surface area contributed by atoms with E-state index in [0.717, 1.165) is 91.5 Å². The van der Waals surface area contributed by atoms with Crippen molar-refractivity contribution in [2.45, 2.75) is 5.51 Å². The largest absolute Gasteiger partial charge is 0.741 e. The van der Waals surface area contributed by atoms with Crippen molar-refractivity contribution in [3.05, 3.63) is 281 Å². The van der Waals surface area contributed by atoms with Crippen LogP contribution >= 0.6 is 46.4 Å². The molecule has 0 saturated heterocycles. The molecule has 8 bridgehead atoms. The summed E-state index contributed by atoms with van der Waals surface area (Å²) in [4.78, 5) is 31.4. The number of benzene rings is 5. The first-order valence-electron chi connectivity index (χ1n) is 20.8. The second kappa shape index (κ2) is 26.8. The number of halogens is 7. The molecule has 0 unspecified atom stereocenters. The maximum Gasteiger partial charge on any atom is 0.485 e. The third-order valence-corrected chi connectivity index (χ3v) is 12.3. The number of aromatic hydroxyl groups is 1. The van der Waals surface area contributed by atoms with Gasteiger partial charge in [0.2, 0.25) is 0 Å². The SMILES string of the molecule is COc1cc(C=O)ccc1O.Clc1ccc([C+]2c3ccc([n-]3)[C+](c3ccc(Cl)cc3)c3ccc([n-]3)[C+](c3ccc(Cl)cc3)c3ccc([n-]3)[C+](c3ccc(Cl)cc3)c3ccc2[n-]3)cc1.O.O.O=S(=O)([O-])C(F)(F)F.[Fe].[OH3+].[OH3+]. The number of carbonyl (C=O) groups excluding carboxylic acids is 1. The summed E-state index contributed by atoms with van der Waals surface area (Å²) in [6, 6.07) is 51.7. The molecular formula is C53H42Cl4F3FeN4O10S+. The zero-order chi connectivity index (χ0) is 50.6. The average Bonchev–Trinajstić information content (AvgIpc) is 4.20. The van der Waals surface area contributed by atoms with Gasteiger partial charge in [-0.2, -0.15) is 13.2 Å². The van der Waals surface area contributed by atoms with Crippen LogP contribution in [0.4, 0.5) is 13.2 Å². The number of phenols is 1. The zero-order valence-corrected chi connectivity index (χ0v) is 43.9. The quantitative estimate of drug-likeness (QED) is 0.0415. The number of phenolic OH excluding ortho intramolecular Hbond substituents is 1. The zero-order valence-electron chi connectivity index (χ0n) is 39.0. The summed E-state index contributed by atoms with van der Waals surface area (Å²) in [5, 5.41) is 11.7. The molecule has 10 rings (SSSR count). The Balaban J connectivity index is 0.000000541. The summed E-state index contributed by atoms with van der Waals surface area (Å²) >= 11 is 25.4. The Morgan fingerprint density at radius 2 is 0.724 bits per heavy atom. The number of ether oxygens (including phenoxy) is 1. The Labute approximate surface area is 464 Å². The van der Waals surface area contributed by atoms with Crippen LogP contribution in [-0.4, -0.2) is 47.9 Å². The first-order chi connectivity index (χ1) is 33.9. The van der Waals surface area contributed by atoms with Gasteiger partial charge in [-0.3, -0.25) is 4.79 Å². The van der Waals surface area contributed by atoms with Crippen molar-refractivity contribution in [1.29, 1.82) is 0 Å². The molecule has 5 aromatic carbocycles. The van der Waals surface area contributed by atoms with Crippen molar-refractivity contribution in [2.24, 2.45) is 0 Å². The fourth-order valence-corrected chi connectivity index (χ4v) is 8.01. The summed E-state index contributed by atoms with van der Waals surface area (Å²) in [7, 11) is -4.66. The van der Waals surface area contributed by atoms with Crippen LogP contribution in [0, 0.1) is 23.7 Å². The third kappa shape index (κ3) is 14.4. The second-order valence-electron chi connectivity index (χ2n) is 15.3. The van der Waals surface area contributed by atoms with Gasteiger partial charge in [0.25, 0.3) is 0 Å². The van der Waals surface area contributed by atoms with Crippen molar-refractivity contribution in [2.75, 3.05) is 7.11 Å². The minimum absolute atomic E-state index is 0. The van der Waals surface area contributed by atoms with E-state index < -0.39 is 15.6 Å². The minimum atomic E-state index is -6.09. The smallest absolute Gasteiger partial charge is 0.485 e. The van der Waals surface area contributed by atoms with Crippen LogP contribution in [0.5, 0.6) is 11.5 Å². The third-order valence-electron chi connectivity index (χ3n) is 10.8. The normalized spacial score (nSPS) is 11.6. The van der Waals surface area contributed by atoms with Crippen LogP contribution in [0.1, 0.15) is 78.2 Å². The molecule has 23 heteroatoms. The number of nitrogens with zero attached hydrogens (tertiary/aromatic N) is 4. The number of alkyl halides is 3. The van der Waals surface area contributed by atoms with Crippen molar-refractivity contribution in [1.82, 2.24) is 19.9 Å². The average molecular weight is 1180 g/mol. The first-order valence-corrected chi connectivity index (χ1v) is 23.8. The number of hydrogen-bond acceptors (Lipinski definition) is 6. The molecule has 0 radical (unpaired) electrons. The summed E-state index contributed by atoms with van der Waals surface area (Å²) in [6.45, 7) is 0. The van der Waals surface area contributed by atoms with Crippen molar-refractivity contribution >= 4 is 62.8 Å². The summed E-state index contributed by atoms with van der Waals surface area (Å²) < 4.78 is 63.7. The van der Waals surface area contributed by atoms with Gasteiger partial charge in [0.15, 0.2) is 21.6 Å². The maximum absolute atomic E-state index is 10.7. The minimum Gasteiger partial charge on any atom is -0.741 e. The van der Waals surface area contributed by atoms with Gasteiger partial charge in [0.05, 0.1) is 49.5 Å². The molecule has 1 aliphatic heterocycles. The molecule has 0 atom stereocenters. The number of aldehydes is 1. The summed E-state index contributed by atoms with van der Waals surface area (Å²) in [5.41, 5.74) is 4.71. The predicted molar refractivity (Wildman–Crippen MR) is 280 cm³/mol. The van der Waals surface area contributed by atoms with Crippen molar-refractivity contribution in [3.8, 4) is 11.5 Å². The maximum atomic E-state index is 10.7. The van der Waals surface area contributed by atoms with Crippen LogP contribution in [-0.2, 0) is 38.1 Å². The molecule has 396 valence electrons. The van der Waals surface area contributed by atoms with E-state index in [1.54, 1.807) is 0 Å². The second-order valence-corrected chi connectivity index (χ2v) is 18.5. The Hall–Kier alpha value is -6.81. The van der Waals surface area contributed by atoms with E-state index in [4.69, 9.17) is 89.2 Å². The van der Waals surface area contributed by atoms with Gasteiger partial charge in [-0.15, -0.1) is 0 Å². The number of fused-ring (bicyclic) bond motifs is 8. The van der Waals surface area contributed by atoms with Crippen molar-refractivity contribution in [3.63, 3.8) is 0 Å². The fraction of sp³-hybridized carbons (Fsp3) is 0.0377. The monoisotopic (exact) mass is 1180 g/mol. The van der Waals surface area contributed by atoms with Gasteiger partial charge in [-0.25, -0.2) is 8.42 Å². The predicted octanol–water partition coefficient (Wildman–Crippen LogP) is 8.29. The standard InChI is InChI=1S/C44H24Cl4N4.C8H8O3.CHF3O3S.Fe.4H2O/c45-29-9-1-25(2-10-29)41-33-17-19-35(49-33)42(26-3-11-30(46)12-4-26)37-21-23-39(51-37)44(28-7-15-32(48)16-8-28)40-24-22-38(52-40)43(36-20-18-34(41)50-36)27-5-13-31(47)14-6-27;1-11-8-4-6(5-9)2-3-7(8)10;2-1(3,4)8(5,6)7;;;;;/h1-24H;2-5,10H,1H3;(H,5,6,7);;4*1H2/p+1. The van der Waals surface area contributed by atoms with E-state index in [1.165, 1.54) is 25.3 Å². The molecular weight excluding hydrogens is 1140 g/mol. The Morgan fingerprint density at radius 1 is 0.500 bits per heavy atom. The molecule has 4 aromatic heterocycles. The molecule has 76 heavy (non-hydrogen) atoms. The number of carbonyl (C=O) groups is 1. The molecule has 5 heterocycles. The molecule has 0 amide bonds. The summed E-state index contributed by atoms with van der Waals surface area (Å²) in [5.74, 6) is 3.85. The van der Waals surface area contributed by atoms with Gasteiger partial charge in [0.1, 0.15) is 6.29 Å². The van der Waals surface area contributed by atoms with Crippen LogP contribution in [0.3, 0.4) is 0 Å². The van der Waals surface area contributed by atoms with E-state index in [1.807, 2.05) is 146 Å². The van der Waals surface area contributed by atoms with Crippen LogP contribution < -0.4 is 24.7 Å². The van der Waals surface area contributed by atoms with Crippen LogP contribution in [0.2, 0.25) is 20.1 Å². The Bertz CT molecular complexity index is 2970. The molecule has 0 aliphatic carbocycles. The molecule has 0 spiro atoms. The van der Waals surface area contributed by atoms with E-state index >= 15 is 0 Å². The topological polar surface area (TPSA) is 289 Å². The van der Waals surface area contributed by atoms with Gasteiger partial charge in [-0.1, -0.05) is 46.4 Å².